The molecule has 0 amide bonds. The van der Waals surface area contributed by atoms with Gasteiger partial charge in [-0.25, -0.2) is 0 Å². The van der Waals surface area contributed by atoms with Crippen LogP contribution in [0.25, 0.3) is 0 Å². The molecule has 0 heterocycles. The normalized spacial score (nSPS) is 27.4. The lowest BCUT2D eigenvalue weighted by Gasteiger charge is -2.45. The highest BCUT2D eigenvalue weighted by Crippen LogP contribution is 2.43. The third-order valence-corrected chi connectivity index (χ3v) is 8.76. The second-order valence-corrected chi connectivity index (χ2v) is 11.5. The minimum Gasteiger partial charge on any atom is -0.507 e. The maximum atomic E-state index is 10.2. The predicted octanol–water partition coefficient (Wildman–Crippen LogP) is 3.68. The average Bonchev–Trinajstić information content (AvgIpc) is 2.11. The molecule has 0 saturated carbocycles. The van der Waals surface area contributed by atoms with Gasteiger partial charge in [0.05, 0.1) is 0 Å². The lowest BCUT2D eigenvalue weighted by atomic mass is 9.89. The van der Waals surface area contributed by atoms with Gasteiger partial charge in [-0.3, -0.25) is 0 Å². The van der Waals surface area contributed by atoms with Crippen molar-refractivity contribution in [2.45, 2.75) is 70.7 Å². The number of hydrogen-bond donors (Lipinski definition) is 2. The Hall–Kier alpha value is -0.483. The summed E-state index contributed by atoms with van der Waals surface area (Å²) in [5.41, 5.74) is 5.86. The van der Waals surface area contributed by atoms with Crippen LogP contribution in [-0.4, -0.2) is 19.0 Å². The molecular weight excluding hydrogens is 230 g/mol. The molecule has 1 aliphatic rings. The zero-order chi connectivity index (χ0) is 13.5. The monoisotopic (exact) mass is 257 g/mol. The fraction of sp³-hybridized carbons (Fsp3) is 0.846. The van der Waals surface area contributed by atoms with E-state index in [2.05, 4.69) is 33.9 Å². The van der Waals surface area contributed by atoms with Crippen molar-refractivity contribution in [2.75, 3.05) is 0 Å². The second kappa shape index (κ2) is 4.32. The summed E-state index contributed by atoms with van der Waals surface area (Å²) in [5.74, 6) is 0.258. The summed E-state index contributed by atoms with van der Waals surface area (Å²) in [6.07, 6.45) is 2.62. The zero-order valence-electron chi connectivity index (χ0n) is 12.1. The van der Waals surface area contributed by atoms with Gasteiger partial charge in [0.15, 0.2) is 8.32 Å². The van der Waals surface area contributed by atoms with Gasteiger partial charge in [-0.2, -0.15) is 0 Å². The summed E-state index contributed by atoms with van der Waals surface area (Å²) in [5, 5.41) is 10.3. The van der Waals surface area contributed by atoms with Crippen molar-refractivity contribution in [3.8, 4) is 0 Å². The van der Waals surface area contributed by atoms with Gasteiger partial charge in [-0.1, -0.05) is 20.8 Å². The molecule has 0 aromatic rings. The maximum Gasteiger partial charge on any atom is 0.193 e. The molecule has 1 aliphatic carbocycles. The molecule has 17 heavy (non-hydrogen) atoms. The molecule has 100 valence electrons. The van der Waals surface area contributed by atoms with E-state index in [0.717, 1.165) is 19.3 Å². The van der Waals surface area contributed by atoms with Crippen molar-refractivity contribution in [2.24, 2.45) is 5.73 Å². The van der Waals surface area contributed by atoms with E-state index < -0.39 is 13.9 Å². The minimum absolute atomic E-state index is 0.141. The fourth-order valence-electron chi connectivity index (χ4n) is 2.01. The molecule has 3 nitrogen and oxygen atoms in total. The average molecular weight is 257 g/mol. The van der Waals surface area contributed by atoms with E-state index in [4.69, 9.17) is 10.2 Å². The van der Waals surface area contributed by atoms with Gasteiger partial charge >= 0.3 is 0 Å². The third kappa shape index (κ3) is 2.85. The molecule has 0 saturated heterocycles. The highest BCUT2D eigenvalue weighted by Gasteiger charge is 2.45. The van der Waals surface area contributed by atoms with Crippen LogP contribution in [0.5, 0.6) is 0 Å². The van der Waals surface area contributed by atoms with Gasteiger partial charge in [-0.15, -0.1) is 0 Å². The Morgan fingerprint density at radius 1 is 1.35 bits per heavy atom. The highest BCUT2D eigenvalue weighted by atomic mass is 28.4. The SMILES string of the molecule is CC(C)(C)[Si](C)(C)O[C@]1(C)CCCC(N)=C1O. The van der Waals surface area contributed by atoms with Gasteiger partial charge < -0.3 is 15.3 Å². The van der Waals surface area contributed by atoms with E-state index in [1.54, 1.807) is 0 Å². The molecule has 0 aliphatic heterocycles. The molecule has 0 unspecified atom stereocenters. The smallest absolute Gasteiger partial charge is 0.193 e. The molecule has 1 rings (SSSR count). The van der Waals surface area contributed by atoms with E-state index in [-0.39, 0.29) is 10.8 Å². The van der Waals surface area contributed by atoms with Crippen molar-refractivity contribution >= 4 is 8.32 Å². The Labute approximate surface area is 106 Å². The van der Waals surface area contributed by atoms with Crippen molar-refractivity contribution < 1.29 is 9.53 Å². The number of allylic oxidation sites excluding steroid dienone is 1. The lowest BCUT2D eigenvalue weighted by molar-refractivity contribution is 0.0442. The minimum atomic E-state index is -1.89. The molecule has 0 aromatic heterocycles. The second-order valence-electron chi connectivity index (χ2n) is 6.82. The van der Waals surface area contributed by atoms with Crippen LogP contribution in [0.3, 0.4) is 0 Å². The summed E-state index contributed by atoms with van der Waals surface area (Å²) in [6.45, 7) is 13.0. The van der Waals surface area contributed by atoms with Crippen LogP contribution in [0.2, 0.25) is 18.1 Å². The van der Waals surface area contributed by atoms with Gasteiger partial charge in [0, 0.05) is 5.70 Å². The van der Waals surface area contributed by atoms with E-state index in [1.165, 1.54) is 0 Å². The first kappa shape index (κ1) is 14.6. The highest BCUT2D eigenvalue weighted by molar-refractivity contribution is 6.74. The van der Waals surface area contributed by atoms with Crippen molar-refractivity contribution in [3.05, 3.63) is 11.5 Å². The molecule has 0 aromatic carbocycles. The summed E-state index contributed by atoms with van der Waals surface area (Å²) in [4.78, 5) is 0. The quantitative estimate of drug-likeness (QED) is 0.742. The third-order valence-electron chi connectivity index (χ3n) is 4.19. The molecule has 3 N–H and O–H groups in total. The van der Waals surface area contributed by atoms with Gasteiger partial charge in [0.25, 0.3) is 0 Å². The first-order chi connectivity index (χ1) is 7.50. The van der Waals surface area contributed by atoms with Crippen LogP contribution in [0.15, 0.2) is 11.5 Å². The maximum absolute atomic E-state index is 10.2. The Morgan fingerprint density at radius 3 is 2.35 bits per heavy atom. The van der Waals surface area contributed by atoms with E-state index in [9.17, 15) is 5.11 Å². The summed E-state index contributed by atoms with van der Waals surface area (Å²) >= 11 is 0. The molecule has 4 heteroatoms. The standard InChI is InChI=1S/C13H27NO2Si/c1-12(2,3)17(5,6)16-13(4)9-7-8-10(14)11(13)15/h15H,7-9,14H2,1-6H3/t13-/m1/s1. The van der Waals surface area contributed by atoms with Gasteiger partial charge in [-0.05, 0) is 44.3 Å². The summed E-state index contributed by atoms with van der Waals surface area (Å²) < 4.78 is 6.36. The van der Waals surface area contributed by atoms with Crippen LogP contribution >= 0.6 is 0 Å². The number of rotatable bonds is 2. The Bertz CT molecular complexity index is 331. The number of aliphatic hydroxyl groups excluding tert-OH is 1. The molecule has 0 radical (unpaired) electrons. The van der Waals surface area contributed by atoms with E-state index in [1.807, 2.05) is 6.92 Å². The van der Waals surface area contributed by atoms with E-state index >= 15 is 0 Å². The van der Waals surface area contributed by atoms with Crippen molar-refractivity contribution in [3.63, 3.8) is 0 Å². The van der Waals surface area contributed by atoms with Crippen molar-refractivity contribution in [1.29, 1.82) is 0 Å². The summed E-state index contributed by atoms with van der Waals surface area (Å²) in [7, 11) is -1.89. The van der Waals surface area contributed by atoms with Crippen LogP contribution < -0.4 is 5.73 Å². The first-order valence-electron chi connectivity index (χ1n) is 6.38. The lowest BCUT2D eigenvalue weighted by Crippen LogP contribution is -2.50. The molecule has 0 bridgehead atoms. The van der Waals surface area contributed by atoms with Crippen LogP contribution in [0, 0.1) is 0 Å². The Balaban J connectivity index is 2.98. The van der Waals surface area contributed by atoms with Crippen LogP contribution in [0.1, 0.15) is 47.0 Å². The molecular formula is C13H27NO2Si. The molecule has 0 spiro atoms. The molecule has 1 atom stereocenters. The number of nitrogens with two attached hydrogens (primary N) is 1. The van der Waals surface area contributed by atoms with Gasteiger partial charge in [0.2, 0.25) is 0 Å². The fourth-order valence-corrected chi connectivity index (χ4v) is 3.64. The topological polar surface area (TPSA) is 55.5 Å². The number of aliphatic hydroxyl groups is 1. The number of hydrogen-bond acceptors (Lipinski definition) is 3. The zero-order valence-corrected chi connectivity index (χ0v) is 13.1. The molecule has 0 fully saturated rings. The first-order valence-corrected chi connectivity index (χ1v) is 9.29. The van der Waals surface area contributed by atoms with Crippen molar-refractivity contribution in [1.82, 2.24) is 0 Å². The van der Waals surface area contributed by atoms with Gasteiger partial charge in [0.1, 0.15) is 11.4 Å². The van der Waals surface area contributed by atoms with E-state index in [0.29, 0.717) is 5.70 Å². The summed E-state index contributed by atoms with van der Waals surface area (Å²) in [6, 6.07) is 0. The Kier molecular flexibility index (Phi) is 3.70. The van der Waals surface area contributed by atoms with Crippen LogP contribution in [0.4, 0.5) is 0 Å². The van der Waals surface area contributed by atoms with Crippen LogP contribution in [-0.2, 0) is 4.43 Å². The predicted molar refractivity (Wildman–Crippen MR) is 74.4 cm³/mol. The largest absolute Gasteiger partial charge is 0.507 e. The Morgan fingerprint density at radius 2 is 1.88 bits per heavy atom.